The Morgan fingerprint density at radius 1 is 1.08 bits per heavy atom. The van der Waals surface area contributed by atoms with E-state index in [4.69, 9.17) is 11.6 Å². The fourth-order valence-electron chi connectivity index (χ4n) is 2.66. The summed E-state index contributed by atoms with van der Waals surface area (Å²) < 4.78 is 28.1. The van der Waals surface area contributed by atoms with Gasteiger partial charge in [0, 0.05) is 17.5 Å². The Morgan fingerprint density at radius 2 is 1.69 bits per heavy atom. The number of amides is 2. The van der Waals surface area contributed by atoms with Crippen LogP contribution in [-0.4, -0.2) is 11.8 Å². The monoisotopic (exact) mass is 380 g/mol. The zero-order chi connectivity index (χ0) is 19.3. The van der Waals surface area contributed by atoms with E-state index in [1.54, 1.807) is 31.2 Å². The minimum Gasteiger partial charge on any atom is -0.350 e. The fraction of sp³-hybridized carbons (Fsp3) is 0.263. The molecule has 2 N–H and O–H groups in total. The molecule has 2 aromatic rings. The molecule has 26 heavy (non-hydrogen) atoms. The Hall–Kier alpha value is -2.47. The lowest BCUT2D eigenvalue weighted by molar-refractivity contribution is -0.123. The molecule has 0 saturated carbocycles. The number of benzene rings is 2. The van der Waals surface area contributed by atoms with Crippen LogP contribution in [0.4, 0.5) is 8.78 Å². The van der Waals surface area contributed by atoms with Gasteiger partial charge in [0.1, 0.15) is 11.6 Å². The standard InChI is InChI=1S/C19H19ClF2N2O2/c1-11(13-5-3-6-14(20)9-13)23-18(26)10-17(24-12(2)25)19-15(21)7-4-8-16(19)22/h3-9,11,17H,10H2,1-2H3,(H,23,26)(H,24,25). The van der Waals surface area contributed by atoms with Crippen LogP contribution in [0.25, 0.3) is 0 Å². The van der Waals surface area contributed by atoms with Crippen LogP contribution in [-0.2, 0) is 9.59 Å². The fourth-order valence-corrected chi connectivity index (χ4v) is 2.86. The van der Waals surface area contributed by atoms with Gasteiger partial charge in [0.25, 0.3) is 0 Å². The molecule has 0 aromatic heterocycles. The van der Waals surface area contributed by atoms with Gasteiger partial charge in [-0.05, 0) is 36.8 Å². The number of hydrogen-bond acceptors (Lipinski definition) is 2. The Balaban J connectivity index is 2.15. The van der Waals surface area contributed by atoms with E-state index in [9.17, 15) is 18.4 Å². The Morgan fingerprint density at radius 3 is 2.27 bits per heavy atom. The molecule has 2 amide bonds. The molecule has 4 nitrogen and oxygen atoms in total. The average Bonchev–Trinajstić information content (AvgIpc) is 2.53. The highest BCUT2D eigenvalue weighted by Crippen LogP contribution is 2.24. The molecule has 2 atom stereocenters. The zero-order valence-electron chi connectivity index (χ0n) is 14.4. The van der Waals surface area contributed by atoms with Crippen molar-refractivity contribution in [2.45, 2.75) is 32.4 Å². The van der Waals surface area contributed by atoms with Crippen molar-refractivity contribution in [2.75, 3.05) is 0 Å². The van der Waals surface area contributed by atoms with E-state index in [1.165, 1.54) is 13.0 Å². The lowest BCUT2D eigenvalue weighted by Gasteiger charge is -2.21. The Kier molecular flexibility index (Phi) is 6.69. The predicted octanol–water partition coefficient (Wildman–Crippen LogP) is 4.06. The summed E-state index contributed by atoms with van der Waals surface area (Å²) >= 11 is 5.94. The van der Waals surface area contributed by atoms with Crippen molar-refractivity contribution in [1.82, 2.24) is 10.6 Å². The number of carbonyl (C=O) groups is 2. The Bertz CT molecular complexity index is 794. The summed E-state index contributed by atoms with van der Waals surface area (Å²) in [6.45, 7) is 2.99. The maximum atomic E-state index is 14.0. The summed E-state index contributed by atoms with van der Waals surface area (Å²) in [5.41, 5.74) is 0.451. The van der Waals surface area contributed by atoms with E-state index in [2.05, 4.69) is 10.6 Å². The number of halogens is 3. The van der Waals surface area contributed by atoms with Crippen LogP contribution < -0.4 is 10.6 Å². The van der Waals surface area contributed by atoms with E-state index < -0.39 is 29.5 Å². The molecule has 0 bridgehead atoms. The first-order valence-electron chi connectivity index (χ1n) is 8.03. The molecule has 7 heteroatoms. The Labute approximate surface area is 155 Å². The van der Waals surface area contributed by atoms with E-state index >= 15 is 0 Å². The molecular formula is C19H19ClF2N2O2. The lowest BCUT2D eigenvalue weighted by Crippen LogP contribution is -2.34. The third-order valence-electron chi connectivity index (χ3n) is 3.84. The predicted molar refractivity (Wildman–Crippen MR) is 95.5 cm³/mol. The van der Waals surface area contributed by atoms with Crippen LogP contribution in [0.5, 0.6) is 0 Å². The molecule has 0 radical (unpaired) electrons. The second kappa shape index (κ2) is 8.76. The van der Waals surface area contributed by atoms with Gasteiger partial charge in [-0.2, -0.15) is 0 Å². The van der Waals surface area contributed by atoms with Crippen molar-refractivity contribution in [3.05, 3.63) is 70.2 Å². The summed E-state index contributed by atoms with van der Waals surface area (Å²) in [5.74, 6) is -2.59. The summed E-state index contributed by atoms with van der Waals surface area (Å²) in [5, 5.41) is 5.71. The molecule has 2 rings (SSSR count). The zero-order valence-corrected chi connectivity index (χ0v) is 15.1. The first-order valence-corrected chi connectivity index (χ1v) is 8.41. The molecule has 0 aliphatic carbocycles. The second-order valence-electron chi connectivity index (χ2n) is 5.94. The first-order chi connectivity index (χ1) is 12.3. The van der Waals surface area contributed by atoms with Crippen molar-refractivity contribution in [3.8, 4) is 0 Å². The van der Waals surface area contributed by atoms with Gasteiger partial charge in [0.05, 0.1) is 18.5 Å². The SMILES string of the molecule is CC(=O)NC(CC(=O)NC(C)c1cccc(Cl)c1)c1c(F)cccc1F. The average molecular weight is 381 g/mol. The molecule has 0 aliphatic heterocycles. The van der Waals surface area contributed by atoms with Gasteiger partial charge in [-0.3, -0.25) is 9.59 Å². The van der Waals surface area contributed by atoms with Gasteiger partial charge in [0.15, 0.2) is 0 Å². The maximum absolute atomic E-state index is 14.0. The number of nitrogens with one attached hydrogen (secondary N) is 2. The minimum atomic E-state index is -1.11. The molecule has 2 unspecified atom stereocenters. The molecule has 0 aliphatic rings. The van der Waals surface area contributed by atoms with Gasteiger partial charge in [-0.25, -0.2) is 8.78 Å². The van der Waals surface area contributed by atoms with Crippen LogP contribution in [0, 0.1) is 11.6 Å². The molecule has 0 fully saturated rings. The van der Waals surface area contributed by atoms with E-state index in [0.29, 0.717) is 5.02 Å². The minimum absolute atomic E-state index is 0.303. The van der Waals surface area contributed by atoms with Gasteiger partial charge >= 0.3 is 0 Å². The molecule has 0 saturated heterocycles. The molecule has 2 aromatic carbocycles. The normalized spacial score (nSPS) is 13.0. The third-order valence-corrected chi connectivity index (χ3v) is 4.08. The van der Waals surface area contributed by atoms with Crippen LogP contribution in [0.2, 0.25) is 5.02 Å². The molecular weight excluding hydrogens is 362 g/mol. The molecule has 0 heterocycles. The second-order valence-corrected chi connectivity index (χ2v) is 6.37. The van der Waals surface area contributed by atoms with E-state index in [1.807, 2.05) is 0 Å². The van der Waals surface area contributed by atoms with Gasteiger partial charge < -0.3 is 10.6 Å². The largest absolute Gasteiger partial charge is 0.350 e. The summed E-state index contributed by atoms with van der Waals surface area (Å²) in [6.07, 6.45) is -0.303. The number of carbonyl (C=O) groups excluding carboxylic acids is 2. The van der Waals surface area contributed by atoms with Crippen LogP contribution in [0.15, 0.2) is 42.5 Å². The van der Waals surface area contributed by atoms with Gasteiger partial charge in [0.2, 0.25) is 11.8 Å². The molecule has 138 valence electrons. The van der Waals surface area contributed by atoms with Crippen molar-refractivity contribution in [2.24, 2.45) is 0 Å². The quantitative estimate of drug-likeness (QED) is 0.793. The first kappa shape index (κ1) is 19.8. The summed E-state index contributed by atoms with van der Waals surface area (Å²) in [7, 11) is 0. The topological polar surface area (TPSA) is 58.2 Å². The number of rotatable bonds is 6. The highest BCUT2D eigenvalue weighted by Gasteiger charge is 2.24. The number of hydrogen-bond donors (Lipinski definition) is 2. The van der Waals surface area contributed by atoms with E-state index in [-0.39, 0.29) is 18.0 Å². The van der Waals surface area contributed by atoms with Crippen LogP contribution in [0.1, 0.15) is 43.5 Å². The molecule has 0 spiro atoms. The van der Waals surface area contributed by atoms with Crippen molar-refractivity contribution < 1.29 is 18.4 Å². The van der Waals surface area contributed by atoms with Crippen molar-refractivity contribution >= 4 is 23.4 Å². The maximum Gasteiger partial charge on any atom is 0.222 e. The van der Waals surface area contributed by atoms with Gasteiger partial charge in [-0.1, -0.05) is 29.8 Å². The third kappa shape index (κ3) is 5.26. The van der Waals surface area contributed by atoms with Crippen LogP contribution in [0.3, 0.4) is 0 Å². The van der Waals surface area contributed by atoms with Crippen molar-refractivity contribution in [1.29, 1.82) is 0 Å². The lowest BCUT2D eigenvalue weighted by atomic mass is 10.0. The smallest absolute Gasteiger partial charge is 0.222 e. The van der Waals surface area contributed by atoms with E-state index in [0.717, 1.165) is 17.7 Å². The van der Waals surface area contributed by atoms with Gasteiger partial charge in [-0.15, -0.1) is 0 Å². The summed E-state index contributed by atoms with van der Waals surface area (Å²) in [4.78, 5) is 23.8. The van der Waals surface area contributed by atoms with Crippen molar-refractivity contribution in [3.63, 3.8) is 0 Å². The van der Waals surface area contributed by atoms with Crippen LogP contribution >= 0.6 is 11.6 Å². The highest BCUT2D eigenvalue weighted by atomic mass is 35.5. The summed E-state index contributed by atoms with van der Waals surface area (Å²) in [6, 6.07) is 8.92. The highest BCUT2D eigenvalue weighted by molar-refractivity contribution is 6.30.